The van der Waals surface area contributed by atoms with Crippen LogP contribution >= 0.6 is 0 Å². The summed E-state index contributed by atoms with van der Waals surface area (Å²) in [7, 11) is 0. The van der Waals surface area contributed by atoms with Gasteiger partial charge < -0.3 is 15.1 Å². The highest BCUT2D eigenvalue weighted by Crippen LogP contribution is 2.74. The van der Waals surface area contributed by atoms with Crippen LogP contribution in [-0.2, 0) is 9.59 Å². The second-order valence-corrected chi connectivity index (χ2v) is 12.5. The summed E-state index contributed by atoms with van der Waals surface area (Å²) in [4.78, 5) is 27.8. The molecule has 0 aromatic heterocycles. The van der Waals surface area contributed by atoms with Gasteiger partial charge in [-0.15, -0.1) is 0 Å². The smallest absolute Gasteiger partial charge is 0.178 e. The number of allylic oxidation sites excluding steroid dienone is 4. The summed E-state index contributed by atoms with van der Waals surface area (Å²) in [5.41, 5.74) is -5.01. The van der Waals surface area contributed by atoms with Crippen molar-refractivity contribution in [1.82, 2.24) is 4.90 Å². The Balaban J connectivity index is 1.43. The minimum atomic E-state index is -2.13. The van der Waals surface area contributed by atoms with Gasteiger partial charge in [0.15, 0.2) is 17.2 Å². The van der Waals surface area contributed by atoms with E-state index in [1.54, 1.807) is 6.92 Å². The number of aliphatic hydroxyl groups excluding tert-OH is 2. The Labute approximate surface area is 199 Å². The highest BCUT2D eigenvalue weighted by molar-refractivity contribution is 6.01. The fourth-order valence-electron chi connectivity index (χ4n) is 9.32. The van der Waals surface area contributed by atoms with Gasteiger partial charge in [0, 0.05) is 31.0 Å². The first kappa shape index (κ1) is 23.0. The van der Waals surface area contributed by atoms with Gasteiger partial charge in [-0.2, -0.15) is 0 Å². The van der Waals surface area contributed by atoms with E-state index in [1.807, 2.05) is 6.92 Å². The van der Waals surface area contributed by atoms with Crippen LogP contribution in [0.5, 0.6) is 0 Å². The largest absolute Gasteiger partial charge is 0.390 e. The van der Waals surface area contributed by atoms with Crippen molar-refractivity contribution < 1.29 is 28.6 Å². The lowest BCUT2D eigenvalue weighted by Crippen LogP contribution is -2.69. The molecular formula is C27H35F2NO4. The quantitative estimate of drug-likeness (QED) is 0.654. The molecule has 34 heavy (non-hydrogen) atoms. The molecule has 5 nitrogen and oxygen atoms in total. The second kappa shape index (κ2) is 7.07. The van der Waals surface area contributed by atoms with Crippen molar-refractivity contribution >= 4 is 11.6 Å². The molecule has 0 amide bonds. The van der Waals surface area contributed by atoms with Crippen molar-refractivity contribution in [2.75, 3.05) is 26.2 Å². The van der Waals surface area contributed by atoms with Crippen molar-refractivity contribution in [3.05, 3.63) is 23.8 Å². The van der Waals surface area contributed by atoms with Gasteiger partial charge in [0.05, 0.1) is 11.5 Å². The topological polar surface area (TPSA) is 77.8 Å². The highest BCUT2D eigenvalue weighted by Gasteiger charge is 2.78. The minimum Gasteiger partial charge on any atom is -0.390 e. The highest BCUT2D eigenvalue weighted by atomic mass is 19.1. The van der Waals surface area contributed by atoms with Crippen molar-refractivity contribution in [1.29, 1.82) is 0 Å². The summed E-state index contributed by atoms with van der Waals surface area (Å²) in [6.45, 7) is 5.21. The lowest BCUT2D eigenvalue weighted by molar-refractivity contribution is -0.212. The molecule has 9 atom stereocenters. The maximum Gasteiger partial charge on any atom is 0.178 e. The third kappa shape index (κ3) is 2.59. The maximum absolute atomic E-state index is 17.3. The molecule has 5 aliphatic carbocycles. The number of fused-ring (bicyclic) bond motifs is 7. The molecule has 0 aromatic rings. The van der Waals surface area contributed by atoms with Crippen LogP contribution in [0.15, 0.2) is 23.8 Å². The van der Waals surface area contributed by atoms with Crippen LogP contribution in [0.4, 0.5) is 8.78 Å². The van der Waals surface area contributed by atoms with Crippen molar-refractivity contribution in [2.45, 2.75) is 63.9 Å². The summed E-state index contributed by atoms with van der Waals surface area (Å²) in [6.07, 6.45) is 4.06. The van der Waals surface area contributed by atoms with E-state index >= 15 is 8.78 Å². The van der Waals surface area contributed by atoms with Crippen LogP contribution in [0.25, 0.3) is 0 Å². The Bertz CT molecular complexity index is 1010. The molecule has 1 heterocycles. The van der Waals surface area contributed by atoms with Crippen molar-refractivity contribution in [2.24, 2.45) is 39.9 Å². The third-order valence-corrected chi connectivity index (χ3v) is 11.1. The van der Waals surface area contributed by atoms with E-state index in [0.29, 0.717) is 18.9 Å². The number of hydrogen-bond acceptors (Lipinski definition) is 5. The monoisotopic (exact) mass is 475 g/mol. The van der Waals surface area contributed by atoms with Gasteiger partial charge in [-0.25, -0.2) is 8.78 Å². The van der Waals surface area contributed by atoms with Crippen molar-refractivity contribution in [3.8, 4) is 0 Å². The summed E-state index contributed by atoms with van der Waals surface area (Å²) in [5.74, 6) is -1.01. The van der Waals surface area contributed by atoms with Gasteiger partial charge in [-0.1, -0.05) is 13.0 Å². The Hall–Kier alpha value is -1.44. The number of aliphatic hydroxyl groups is 2. The summed E-state index contributed by atoms with van der Waals surface area (Å²) in [5, 5.41) is 21.5. The van der Waals surface area contributed by atoms with Crippen LogP contribution in [-0.4, -0.2) is 70.9 Å². The first-order valence-electron chi connectivity index (χ1n) is 12.8. The molecule has 0 bridgehead atoms. The summed E-state index contributed by atoms with van der Waals surface area (Å²) >= 11 is 0. The number of rotatable bonds is 4. The molecule has 0 spiro atoms. The molecule has 186 valence electrons. The first-order valence-corrected chi connectivity index (χ1v) is 12.8. The van der Waals surface area contributed by atoms with Crippen LogP contribution in [0.2, 0.25) is 0 Å². The van der Waals surface area contributed by atoms with E-state index in [-0.39, 0.29) is 41.8 Å². The number of likely N-dealkylation sites (tertiary alicyclic amines) is 1. The van der Waals surface area contributed by atoms with Crippen LogP contribution in [0, 0.1) is 39.9 Å². The third-order valence-electron chi connectivity index (χ3n) is 11.1. The Kier molecular flexibility index (Phi) is 4.78. The average Bonchev–Trinajstić information content (AvgIpc) is 3.47. The van der Waals surface area contributed by atoms with Crippen LogP contribution in [0.3, 0.4) is 0 Å². The number of Topliss-reactive ketones (excluding diaryl/α,β-unsaturated/α-hetero) is 1. The maximum atomic E-state index is 17.3. The zero-order valence-corrected chi connectivity index (χ0v) is 20.0. The Morgan fingerprint density at radius 3 is 2.65 bits per heavy atom. The van der Waals surface area contributed by atoms with E-state index in [1.165, 1.54) is 31.1 Å². The van der Waals surface area contributed by atoms with Crippen LogP contribution in [0.1, 0.15) is 46.0 Å². The van der Waals surface area contributed by atoms with E-state index < -0.39 is 46.7 Å². The van der Waals surface area contributed by atoms with Gasteiger partial charge in [0.2, 0.25) is 0 Å². The molecule has 2 N–H and O–H groups in total. The Morgan fingerprint density at radius 2 is 1.97 bits per heavy atom. The number of halogens is 2. The number of ketones is 2. The fourth-order valence-corrected chi connectivity index (χ4v) is 9.32. The van der Waals surface area contributed by atoms with Gasteiger partial charge >= 0.3 is 0 Å². The Morgan fingerprint density at radius 1 is 1.24 bits per heavy atom. The molecular weight excluding hydrogens is 440 g/mol. The molecule has 6 aliphatic rings. The minimum absolute atomic E-state index is 0.0401. The summed E-state index contributed by atoms with van der Waals surface area (Å²) in [6, 6.07) is 0. The zero-order valence-electron chi connectivity index (χ0n) is 20.0. The molecule has 6 rings (SSSR count). The molecule has 1 aliphatic heterocycles. The predicted octanol–water partition coefficient (Wildman–Crippen LogP) is 2.80. The summed E-state index contributed by atoms with van der Waals surface area (Å²) < 4.78 is 32.9. The number of alkyl halides is 2. The number of hydrogen-bond donors (Lipinski definition) is 2. The molecule has 7 heteroatoms. The molecule has 0 unspecified atom stereocenters. The van der Waals surface area contributed by atoms with Gasteiger partial charge in [-0.3, -0.25) is 9.59 Å². The molecule has 0 radical (unpaired) electrons. The standard InChI is InChI=1S/C27H35F2NO4/c1-24-6-5-17(32)8-20(24)21(28)9-19-18-7-16-12-30(11-15-3-4-15)14-26(16,23(34)13-31)25(18,2)10-22(33)27(19,24)29/h5-6,8,15-16,18-19,21-22,31,33H,3-4,7,9-14H2,1-2H3/t16-,18-,19-,21-,22-,24-,25-,26-,27-/m0/s1. The normalized spacial score (nSPS) is 52.0. The number of nitrogens with zero attached hydrogens (tertiary/aromatic N) is 1. The molecule has 0 aromatic carbocycles. The van der Waals surface area contributed by atoms with E-state index in [4.69, 9.17) is 0 Å². The van der Waals surface area contributed by atoms with Gasteiger partial charge in [0.1, 0.15) is 12.8 Å². The zero-order chi connectivity index (χ0) is 24.3. The lowest BCUT2D eigenvalue weighted by Gasteiger charge is -2.63. The molecule has 5 fully saturated rings. The van der Waals surface area contributed by atoms with E-state index in [0.717, 1.165) is 13.1 Å². The SMILES string of the molecule is C[C@]12C=CC(=O)C=C1[C@@H](F)C[C@H]1[C@@H]3C[C@H]4CN(CC5CC5)C[C@]4(C(=O)CO)[C@@]3(C)C[C@H](O)[C@@]12F. The predicted molar refractivity (Wildman–Crippen MR) is 121 cm³/mol. The van der Waals surface area contributed by atoms with Crippen molar-refractivity contribution in [3.63, 3.8) is 0 Å². The van der Waals surface area contributed by atoms with Crippen LogP contribution < -0.4 is 0 Å². The van der Waals surface area contributed by atoms with Gasteiger partial charge in [0.25, 0.3) is 0 Å². The van der Waals surface area contributed by atoms with Gasteiger partial charge in [-0.05, 0) is 79.9 Å². The molecule has 1 saturated heterocycles. The lowest BCUT2D eigenvalue weighted by atomic mass is 9.43. The number of carbonyl (C=O) groups is 2. The average molecular weight is 476 g/mol. The number of carbonyl (C=O) groups excluding carboxylic acids is 2. The van der Waals surface area contributed by atoms with E-state index in [9.17, 15) is 19.8 Å². The molecule has 4 saturated carbocycles. The van der Waals surface area contributed by atoms with E-state index in [2.05, 4.69) is 4.90 Å². The second-order valence-electron chi connectivity index (χ2n) is 12.5. The first-order chi connectivity index (χ1) is 16.0. The fraction of sp³-hybridized carbons (Fsp3) is 0.778.